The molecule has 0 amide bonds. The zero-order chi connectivity index (χ0) is 15.2. The van der Waals surface area contributed by atoms with Crippen molar-refractivity contribution >= 4 is 0 Å². The van der Waals surface area contributed by atoms with Gasteiger partial charge in [0, 0.05) is 12.1 Å². The third-order valence-electron chi connectivity index (χ3n) is 3.13. The van der Waals surface area contributed by atoms with Crippen molar-refractivity contribution in [3.8, 4) is 0 Å². The van der Waals surface area contributed by atoms with E-state index in [-0.39, 0.29) is 23.6 Å². The Bertz CT molecular complexity index is 400. The van der Waals surface area contributed by atoms with Crippen LogP contribution in [-0.2, 0) is 4.74 Å². The highest BCUT2D eigenvalue weighted by Crippen LogP contribution is 2.21. The molecule has 0 spiro atoms. The van der Waals surface area contributed by atoms with Gasteiger partial charge in [0.1, 0.15) is 5.82 Å². The predicted molar refractivity (Wildman–Crippen MR) is 82.4 cm³/mol. The van der Waals surface area contributed by atoms with E-state index < -0.39 is 0 Å². The first-order valence-corrected chi connectivity index (χ1v) is 7.47. The van der Waals surface area contributed by atoms with Gasteiger partial charge in [0.05, 0.1) is 12.2 Å². The van der Waals surface area contributed by atoms with Crippen LogP contribution in [0.4, 0.5) is 4.39 Å². The van der Waals surface area contributed by atoms with Crippen LogP contribution in [0.5, 0.6) is 0 Å². The maximum Gasteiger partial charge on any atom is 0.123 e. The Kier molecular flexibility index (Phi) is 6.63. The molecule has 0 aliphatic carbocycles. The lowest BCUT2D eigenvalue weighted by molar-refractivity contribution is -0.0101. The molecule has 2 atom stereocenters. The fraction of sp³-hybridized carbons (Fsp3) is 0.647. The molecule has 3 heteroatoms. The first-order valence-electron chi connectivity index (χ1n) is 7.47. The van der Waals surface area contributed by atoms with Gasteiger partial charge in [0.15, 0.2) is 0 Å². The molecule has 0 saturated heterocycles. The van der Waals surface area contributed by atoms with E-state index in [1.54, 1.807) is 12.1 Å². The summed E-state index contributed by atoms with van der Waals surface area (Å²) in [6, 6.07) is 6.69. The van der Waals surface area contributed by atoms with Crippen LogP contribution in [0.25, 0.3) is 0 Å². The van der Waals surface area contributed by atoms with E-state index in [0.717, 1.165) is 18.4 Å². The average molecular weight is 281 g/mol. The smallest absolute Gasteiger partial charge is 0.123 e. The molecule has 1 N–H and O–H groups in total. The summed E-state index contributed by atoms with van der Waals surface area (Å²) in [7, 11) is 0. The van der Waals surface area contributed by atoms with E-state index in [1.165, 1.54) is 6.07 Å². The van der Waals surface area contributed by atoms with Crippen molar-refractivity contribution in [2.75, 3.05) is 6.54 Å². The minimum absolute atomic E-state index is 0.0168. The predicted octanol–water partition coefficient (Wildman–Crippen LogP) is 4.46. The van der Waals surface area contributed by atoms with Crippen molar-refractivity contribution in [1.29, 1.82) is 0 Å². The highest BCUT2D eigenvalue weighted by atomic mass is 19.1. The molecule has 0 aliphatic rings. The Balaban J connectivity index is 2.78. The molecule has 0 heterocycles. The van der Waals surface area contributed by atoms with E-state index in [9.17, 15) is 4.39 Å². The molecule has 1 aromatic rings. The summed E-state index contributed by atoms with van der Waals surface area (Å²) < 4.78 is 19.5. The maximum absolute atomic E-state index is 13.4. The molecule has 0 radical (unpaired) electrons. The lowest BCUT2D eigenvalue weighted by atomic mass is 10.1. The summed E-state index contributed by atoms with van der Waals surface area (Å²) in [5, 5.41) is 3.44. The van der Waals surface area contributed by atoms with Gasteiger partial charge in [-0.05, 0) is 51.8 Å². The number of hydrogen-bond acceptors (Lipinski definition) is 2. The molecule has 1 rings (SSSR count). The average Bonchev–Trinajstić information content (AvgIpc) is 2.33. The molecule has 2 unspecified atom stereocenters. The Hall–Kier alpha value is -0.930. The van der Waals surface area contributed by atoms with Crippen molar-refractivity contribution in [3.63, 3.8) is 0 Å². The van der Waals surface area contributed by atoms with E-state index in [1.807, 2.05) is 6.07 Å². The van der Waals surface area contributed by atoms with Gasteiger partial charge >= 0.3 is 0 Å². The van der Waals surface area contributed by atoms with Gasteiger partial charge in [-0.25, -0.2) is 4.39 Å². The second-order valence-electron chi connectivity index (χ2n) is 6.41. The summed E-state index contributed by atoms with van der Waals surface area (Å²) in [6.07, 6.45) is 2.16. The summed E-state index contributed by atoms with van der Waals surface area (Å²) in [5.41, 5.74) is 0.910. The van der Waals surface area contributed by atoms with Gasteiger partial charge in [0.25, 0.3) is 0 Å². The number of nitrogens with one attached hydrogen (secondary N) is 1. The molecule has 2 nitrogen and oxygen atoms in total. The molecule has 0 bridgehead atoms. The number of benzene rings is 1. The number of halogens is 1. The van der Waals surface area contributed by atoms with Crippen molar-refractivity contribution in [2.45, 2.75) is 65.2 Å². The number of hydrogen-bond donors (Lipinski definition) is 1. The zero-order valence-electron chi connectivity index (χ0n) is 13.4. The standard InChI is InChI=1S/C17H28FNO/c1-6-8-13(2)20-16(12-19-17(3,4)5)14-9-7-10-15(18)11-14/h7,9-11,13,16,19H,6,8,12H2,1-5H3. The molecular weight excluding hydrogens is 253 g/mol. The quantitative estimate of drug-likeness (QED) is 0.796. The van der Waals surface area contributed by atoms with E-state index in [4.69, 9.17) is 4.74 Å². The van der Waals surface area contributed by atoms with E-state index in [2.05, 4.69) is 39.9 Å². The summed E-state index contributed by atoms with van der Waals surface area (Å²) in [6.45, 7) is 11.2. The van der Waals surface area contributed by atoms with E-state index >= 15 is 0 Å². The topological polar surface area (TPSA) is 21.3 Å². The lowest BCUT2D eigenvalue weighted by Gasteiger charge is -2.28. The van der Waals surface area contributed by atoms with Crippen LogP contribution >= 0.6 is 0 Å². The van der Waals surface area contributed by atoms with Crippen molar-refractivity contribution in [3.05, 3.63) is 35.6 Å². The minimum atomic E-state index is -0.213. The summed E-state index contributed by atoms with van der Waals surface area (Å²) >= 11 is 0. The van der Waals surface area contributed by atoms with Crippen LogP contribution in [0.3, 0.4) is 0 Å². The first kappa shape index (κ1) is 17.1. The van der Waals surface area contributed by atoms with E-state index in [0.29, 0.717) is 6.54 Å². The molecule has 20 heavy (non-hydrogen) atoms. The van der Waals surface area contributed by atoms with Crippen LogP contribution in [0.15, 0.2) is 24.3 Å². The Morgan fingerprint density at radius 1 is 1.30 bits per heavy atom. The largest absolute Gasteiger partial charge is 0.369 e. The second-order valence-corrected chi connectivity index (χ2v) is 6.41. The van der Waals surface area contributed by atoms with Crippen LogP contribution in [0.2, 0.25) is 0 Å². The molecule has 0 saturated carbocycles. The van der Waals surface area contributed by atoms with Crippen LogP contribution in [-0.4, -0.2) is 18.2 Å². The SMILES string of the molecule is CCCC(C)OC(CNC(C)(C)C)c1cccc(F)c1. The van der Waals surface area contributed by atoms with Gasteiger partial charge in [-0.2, -0.15) is 0 Å². The lowest BCUT2D eigenvalue weighted by Crippen LogP contribution is -2.39. The fourth-order valence-electron chi connectivity index (χ4n) is 2.11. The Labute approximate surface area is 122 Å². The van der Waals surface area contributed by atoms with Gasteiger partial charge in [-0.3, -0.25) is 0 Å². The first-order chi connectivity index (χ1) is 9.31. The zero-order valence-corrected chi connectivity index (χ0v) is 13.4. The van der Waals surface area contributed by atoms with Gasteiger partial charge in [-0.15, -0.1) is 0 Å². The van der Waals surface area contributed by atoms with Gasteiger partial charge < -0.3 is 10.1 Å². The fourth-order valence-corrected chi connectivity index (χ4v) is 2.11. The maximum atomic E-state index is 13.4. The van der Waals surface area contributed by atoms with Crippen molar-refractivity contribution < 1.29 is 9.13 Å². The molecule has 1 aromatic carbocycles. The van der Waals surface area contributed by atoms with Crippen LogP contribution in [0, 0.1) is 5.82 Å². The van der Waals surface area contributed by atoms with Gasteiger partial charge in [0.2, 0.25) is 0 Å². The Morgan fingerprint density at radius 3 is 2.55 bits per heavy atom. The molecule has 0 fully saturated rings. The van der Waals surface area contributed by atoms with Crippen LogP contribution < -0.4 is 5.32 Å². The molecule has 0 aliphatic heterocycles. The summed E-state index contributed by atoms with van der Waals surface area (Å²) in [4.78, 5) is 0. The summed E-state index contributed by atoms with van der Waals surface area (Å²) in [5.74, 6) is -0.213. The molecule has 0 aromatic heterocycles. The normalized spacial score (nSPS) is 15.1. The van der Waals surface area contributed by atoms with Crippen LogP contribution in [0.1, 0.15) is 59.1 Å². The van der Waals surface area contributed by atoms with Crippen molar-refractivity contribution in [2.24, 2.45) is 0 Å². The number of rotatable bonds is 7. The van der Waals surface area contributed by atoms with Gasteiger partial charge in [-0.1, -0.05) is 25.5 Å². The highest BCUT2D eigenvalue weighted by Gasteiger charge is 2.19. The Morgan fingerprint density at radius 2 is 2.00 bits per heavy atom. The number of ether oxygens (including phenoxy) is 1. The third-order valence-corrected chi connectivity index (χ3v) is 3.13. The van der Waals surface area contributed by atoms with Crippen molar-refractivity contribution in [1.82, 2.24) is 5.32 Å². The monoisotopic (exact) mass is 281 g/mol. The molecular formula is C17H28FNO. The third kappa shape index (κ3) is 6.49. The second kappa shape index (κ2) is 7.75. The molecule has 114 valence electrons. The minimum Gasteiger partial charge on any atom is -0.369 e. The highest BCUT2D eigenvalue weighted by molar-refractivity contribution is 5.19.